The molecule has 2 atom stereocenters. The summed E-state index contributed by atoms with van der Waals surface area (Å²) in [5, 5.41) is 9.50. The Bertz CT molecular complexity index is 722. The smallest absolute Gasteiger partial charge is 0.256 e. The molecule has 5 nitrogen and oxygen atoms in total. The van der Waals surface area contributed by atoms with Crippen molar-refractivity contribution in [3.8, 4) is 5.75 Å². The fourth-order valence-corrected chi connectivity index (χ4v) is 3.61. The third-order valence-corrected chi connectivity index (χ3v) is 5.05. The maximum atomic E-state index is 13.3. The Kier molecular flexibility index (Phi) is 5.99. The molecule has 3 rings (SSSR count). The van der Waals surface area contributed by atoms with Crippen molar-refractivity contribution < 1.29 is 19.1 Å². The summed E-state index contributed by atoms with van der Waals surface area (Å²) in [6.45, 7) is 2.76. The zero-order chi connectivity index (χ0) is 18.5. The summed E-state index contributed by atoms with van der Waals surface area (Å²) in [6, 6.07) is 10.6. The fraction of sp³-hybridized carbons (Fsp3) is 0.476. The number of phenols is 1. The van der Waals surface area contributed by atoms with Gasteiger partial charge in [0.25, 0.3) is 5.91 Å². The van der Waals surface area contributed by atoms with Gasteiger partial charge in [0.1, 0.15) is 17.3 Å². The number of likely N-dealkylation sites (tertiary alicyclic amines) is 1. The van der Waals surface area contributed by atoms with Crippen molar-refractivity contribution in [3.63, 3.8) is 0 Å². The van der Waals surface area contributed by atoms with E-state index in [9.17, 15) is 9.90 Å². The summed E-state index contributed by atoms with van der Waals surface area (Å²) in [7, 11) is 1.55. The molecule has 0 saturated carbocycles. The second-order valence-corrected chi connectivity index (χ2v) is 6.76. The highest BCUT2D eigenvalue weighted by molar-refractivity contribution is 5.82. The number of carbonyl (C=O) groups is 1. The molecule has 0 radical (unpaired) electrons. The number of methoxy groups -OCH3 is 1. The molecule has 140 valence electrons. The van der Waals surface area contributed by atoms with Gasteiger partial charge in [0.2, 0.25) is 0 Å². The second-order valence-electron chi connectivity index (χ2n) is 6.76. The minimum absolute atomic E-state index is 0.0555. The van der Waals surface area contributed by atoms with Gasteiger partial charge in [-0.15, -0.1) is 0 Å². The molecule has 1 saturated heterocycles. The molecule has 2 heterocycles. The number of aryl methyl sites for hydroxylation is 1. The van der Waals surface area contributed by atoms with Crippen molar-refractivity contribution in [2.75, 3.05) is 13.7 Å². The number of amides is 1. The van der Waals surface area contributed by atoms with E-state index < -0.39 is 6.10 Å². The van der Waals surface area contributed by atoms with Crippen LogP contribution in [0.5, 0.6) is 5.75 Å². The predicted molar refractivity (Wildman–Crippen MR) is 98.9 cm³/mol. The first kappa shape index (κ1) is 18.5. The van der Waals surface area contributed by atoms with E-state index >= 15 is 0 Å². The maximum Gasteiger partial charge on any atom is 0.256 e. The number of benzene rings is 1. The molecule has 1 N–H and O–H groups in total. The zero-order valence-corrected chi connectivity index (χ0v) is 15.5. The number of rotatable bonds is 5. The van der Waals surface area contributed by atoms with Crippen LogP contribution >= 0.6 is 0 Å². The van der Waals surface area contributed by atoms with Gasteiger partial charge < -0.3 is 19.2 Å². The van der Waals surface area contributed by atoms with Crippen LogP contribution in [0, 0.1) is 0 Å². The standard InChI is InChI=1S/C21H27NO4/c1-3-17-12-13-19(26-17)18-7-5-4-6-14-22(18)21(24)20(25-2)15-8-10-16(23)11-9-15/h8-13,18,20,23H,3-7,14H2,1-2H3. The van der Waals surface area contributed by atoms with E-state index in [0.717, 1.165) is 49.2 Å². The van der Waals surface area contributed by atoms with Crippen molar-refractivity contribution in [1.82, 2.24) is 4.90 Å². The maximum absolute atomic E-state index is 13.3. The minimum Gasteiger partial charge on any atom is -0.508 e. The van der Waals surface area contributed by atoms with Crippen LogP contribution < -0.4 is 0 Å². The van der Waals surface area contributed by atoms with E-state index in [4.69, 9.17) is 9.15 Å². The highest BCUT2D eigenvalue weighted by Crippen LogP contribution is 2.34. The lowest BCUT2D eigenvalue weighted by Crippen LogP contribution is -2.38. The number of hydrogen-bond donors (Lipinski definition) is 1. The molecular formula is C21H27NO4. The summed E-state index contributed by atoms with van der Waals surface area (Å²) in [4.78, 5) is 15.2. The minimum atomic E-state index is -0.684. The Morgan fingerprint density at radius 2 is 2.00 bits per heavy atom. The zero-order valence-electron chi connectivity index (χ0n) is 15.5. The highest BCUT2D eigenvalue weighted by atomic mass is 16.5. The average molecular weight is 357 g/mol. The van der Waals surface area contributed by atoms with Crippen LogP contribution in [-0.4, -0.2) is 29.6 Å². The van der Waals surface area contributed by atoms with Crippen molar-refractivity contribution in [2.45, 2.75) is 51.2 Å². The molecule has 0 bridgehead atoms. The molecule has 5 heteroatoms. The van der Waals surface area contributed by atoms with Crippen molar-refractivity contribution in [3.05, 3.63) is 53.5 Å². The summed E-state index contributed by atoms with van der Waals surface area (Å²) >= 11 is 0. The third kappa shape index (κ3) is 3.93. The van der Waals surface area contributed by atoms with E-state index in [0.29, 0.717) is 6.54 Å². The lowest BCUT2D eigenvalue weighted by atomic mass is 10.0. The summed E-state index contributed by atoms with van der Waals surface area (Å²) in [5.41, 5.74) is 0.743. The lowest BCUT2D eigenvalue weighted by Gasteiger charge is -2.31. The fourth-order valence-electron chi connectivity index (χ4n) is 3.61. The van der Waals surface area contributed by atoms with Gasteiger partial charge in [-0.05, 0) is 42.7 Å². The molecule has 2 aromatic rings. The van der Waals surface area contributed by atoms with Gasteiger partial charge in [0.05, 0.1) is 6.04 Å². The normalized spacial score (nSPS) is 19.2. The molecule has 0 aliphatic carbocycles. The van der Waals surface area contributed by atoms with E-state index in [-0.39, 0.29) is 17.7 Å². The predicted octanol–water partition coefficient (Wildman–Crippen LogP) is 4.38. The molecule has 1 aromatic carbocycles. The Hall–Kier alpha value is -2.27. The van der Waals surface area contributed by atoms with Crippen molar-refractivity contribution >= 4 is 5.91 Å². The topological polar surface area (TPSA) is 62.9 Å². The molecule has 1 aliphatic rings. The second kappa shape index (κ2) is 8.41. The summed E-state index contributed by atoms with van der Waals surface area (Å²) in [5.74, 6) is 1.92. The number of nitrogens with zero attached hydrogens (tertiary/aromatic N) is 1. The van der Waals surface area contributed by atoms with E-state index in [2.05, 4.69) is 6.92 Å². The quantitative estimate of drug-likeness (QED) is 0.862. The number of hydrogen-bond acceptors (Lipinski definition) is 4. The van der Waals surface area contributed by atoms with Gasteiger partial charge >= 0.3 is 0 Å². The van der Waals surface area contributed by atoms with Gasteiger partial charge in [-0.3, -0.25) is 4.79 Å². The van der Waals surface area contributed by atoms with Gasteiger partial charge in [0, 0.05) is 20.1 Å². The number of aromatic hydroxyl groups is 1. The molecule has 26 heavy (non-hydrogen) atoms. The van der Waals surface area contributed by atoms with Gasteiger partial charge in [0.15, 0.2) is 6.10 Å². The first-order valence-corrected chi connectivity index (χ1v) is 9.34. The number of phenolic OH excluding ortho intramolecular Hbond substituents is 1. The van der Waals surface area contributed by atoms with Gasteiger partial charge in [-0.2, -0.15) is 0 Å². The van der Waals surface area contributed by atoms with Crippen molar-refractivity contribution in [2.24, 2.45) is 0 Å². The molecule has 0 spiro atoms. The van der Waals surface area contributed by atoms with Crippen LogP contribution in [0.1, 0.15) is 61.8 Å². The van der Waals surface area contributed by atoms with Crippen LogP contribution in [0.25, 0.3) is 0 Å². The Balaban J connectivity index is 1.88. The van der Waals surface area contributed by atoms with Gasteiger partial charge in [-0.1, -0.05) is 31.9 Å². The molecule has 2 unspecified atom stereocenters. The third-order valence-electron chi connectivity index (χ3n) is 5.05. The molecule has 1 aliphatic heterocycles. The summed E-state index contributed by atoms with van der Waals surface area (Å²) in [6.07, 6.45) is 4.22. The van der Waals surface area contributed by atoms with Crippen molar-refractivity contribution in [1.29, 1.82) is 0 Å². The number of ether oxygens (including phenoxy) is 1. The van der Waals surface area contributed by atoms with E-state index in [1.807, 2.05) is 17.0 Å². The van der Waals surface area contributed by atoms with Crippen LogP contribution in [0.15, 0.2) is 40.8 Å². The first-order chi connectivity index (χ1) is 12.6. The first-order valence-electron chi connectivity index (χ1n) is 9.34. The summed E-state index contributed by atoms with van der Waals surface area (Å²) < 4.78 is 11.5. The lowest BCUT2D eigenvalue weighted by molar-refractivity contribution is -0.145. The SMILES string of the molecule is CCc1ccc(C2CCCCCN2C(=O)C(OC)c2ccc(O)cc2)o1. The van der Waals surface area contributed by atoms with E-state index in [1.165, 1.54) is 0 Å². The van der Waals surface area contributed by atoms with Crippen LogP contribution in [-0.2, 0) is 16.0 Å². The number of carbonyl (C=O) groups excluding carboxylic acids is 1. The molecular weight excluding hydrogens is 330 g/mol. The van der Waals surface area contributed by atoms with Crippen LogP contribution in [0.2, 0.25) is 0 Å². The van der Waals surface area contributed by atoms with Gasteiger partial charge in [-0.25, -0.2) is 0 Å². The van der Waals surface area contributed by atoms with Crippen LogP contribution in [0.4, 0.5) is 0 Å². The highest BCUT2D eigenvalue weighted by Gasteiger charge is 2.34. The Morgan fingerprint density at radius 3 is 2.65 bits per heavy atom. The van der Waals surface area contributed by atoms with E-state index in [1.54, 1.807) is 31.4 Å². The largest absolute Gasteiger partial charge is 0.508 e. The molecule has 1 amide bonds. The van der Waals surface area contributed by atoms with Crippen LogP contribution in [0.3, 0.4) is 0 Å². The average Bonchev–Trinajstić information content (AvgIpc) is 3.00. The number of furan rings is 1. The Labute approximate surface area is 154 Å². The molecule has 1 aromatic heterocycles. The Morgan fingerprint density at radius 1 is 1.23 bits per heavy atom. The molecule has 1 fully saturated rings. The monoisotopic (exact) mass is 357 g/mol.